The minimum absolute atomic E-state index is 0.800. The van der Waals surface area contributed by atoms with Gasteiger partial charge in [-0.3, -0.25) is 0 Å². The molecule has 4 heteroatoms. The fourth-order valence-corrected chi connectivity index (χ4v) is 5.35. The molecule has 3 aliphatic carbocycles. The zero-order chi connectivity index (χ0) is 10.7. The molecule has 86 valence electrons. The van der Waals surface area contributed by atoms with Crippen molar-refractivity contribution < 1.29 is 0 Å². The molecule has 3 aliphatic rings. The van der Waals surface area contributed by atoms with Gasteiger partial charge in [-0.2, -0.15) is 0 Å². The molecular weight excluding hydrogens is 218 g/mol. The van der Waals surface area contributed by atoms with Crippen molar-refractivity contribution in [3.8, 4) is 0 Å². The molecule has 4 rings (SSSR count). The van der Waals surface area contributed by atoms with Gasteiger partial charge in [-0.05, 0) is 50.0 Å². The van der Waals surface area contributed by atoms with Gasteiger partial charge in [-0.25, -0.2) is 0 Å². The fourth-order valence-electron chi connectivity index (χ4n) is 4.28. The summed E-state index contributed by atoms with van der Waals surface area (Å²) in [6, 6.07) is 0. The van der Waals surface area contributed by atoms with Crippen LogP contribution < -0.4 is 5.32 Å². The Morgan fingerprint density at radius 2 is 2.00 bits per heavy atom. The van der Waals surface area contributed by atoms with E-state index in [0.717, 1.165) is 41.1 Å². The minimum Gasteiger partial charge on any atom is -0.313 e. The number of aromatic nitrogens is 2. The van der Waals surface area contributed by atoms with Gasteiger partial charge in [0.25, 0.3) is 0 Å². The predicted molar refractivity (Wildman–Crippen MR) is 63.2 cm³/mol. The Morgan fingerprint density at radius 3 is 2.69 bits per heavy atom. The first-order chi connectivity index (χ1) is 7.88. The van der Waals surface area contributed by atoms with E-state index >= 15 is 0 Å². The van der Waals surface area contributed by atoms with Crippen molar-refractivity contribution in [3.05, 3.63) is 10.0 Å². The largest absolute Gasteiger partial charge is 0.313 e. The van der Waals surface area contributed by atoms with E-state index < -0.39 is 0 Å². The van der Waals surface area contributed by atoms with E-state index in [1.54, 1.807) is 0 Å². The third-order valence-corrected chi connectivity index (χ3v) is 5.86. The second kappa shape index (κ2) is 3.26. The summed E-state index contributed by atoms with van der Waals surface area (Å²) >= 11 is 1.83. The van der Waals surface area contributed by atoms with Gasteiger partial charge >= 0.3 is 0 Å². The van der Waals surface area contributed by atoms with Crippen LogP contribution in [0.1, 0.15) is 35.2 Å². The molecule has 3 saturated carbocycles. The summed E-state index contributed by atoms with van der Waals surface area (Å²) in [7, 11) is 1.97. The average molecular weight is 235 g/mol. The summed E-state index contributed by atoms with van der Waals surface area (Å²) < 4.78 is 0. The molecule has 3 nitrogen and oxygen atoms in total. The van der Waals surface area contributed by atoms with E-state index in [1.165, 1.54) is 24.3 Å². The molecule has 3 fully saturated rings. The van der Waals surface area contributed by atoms with E-state index in [1.807, 2.05) is 18.4 Å². The van der Waals surface area contributed by atoms with Gasteiger partial charge in [0, 0.05) is 12.5 Å². The maximum absolute atomic E-state index is 4.40. The summed E-state index contributed by atoms with van der Waals surface area (Å²) in [6.07, 6.45) is 4.50. The first kappa shape index (κ1) is 9.54. The number of rotatable bonds is 3. The van der Waals surface area contributed by atoms with Crippen molar-refractivity contribution in [3.63, 3.8) is 0 Å². The Labute approximate surface area is 99.7 Å². The molecule has 0 saturated heterocycles. The Morgan fingerprint density at radius 1 is 1.25 bits per heavy atom. The smallest absolute Gasteiger partial charge is 0.131 e. The Kier molecular flexibility index (Phi) is 1.95. The van der Waals surface area contributed by atoms with Gasteiger partial charge in [0.05, 0.1) is 0 Å². The number of hydrogen-bond donors (Lipinski definition) is 1. The van der Waals surface area contributed by atoms with Gasteiger partial charge in [0.2, 0.25) is 0 Å². The van der Waals surface area contributed by atoms with Crippen LogP contribution in [0, 0.1) is 23.7 Å². The number of nitrogens with zero attached hydrogens (tertiary/aromatic N) is 2. The van der Waals surface area contributed by atoms with Gasteiger partial charge in [0.1, 0.15) is 10.0 Å². The zero-order valence-electron chi connectivity index (χ0n) is 9.52. The summed E-state index contributed by atoms with van der Waals surface area (Å²) in [5.74, 6) is 4.87. The molecule has 1 aromatic rings. The second-order valence-electron chi connectivity index (χ2n) is 5.58. The predicted octanol–water partition coefficient (Wildman–Crippen LogP) is 2.02. The van der Waals surface area contributed by atoms with Crippen molar-refractivity contribution in [1.82, 2.24) is 15.5 Å². The van der Waals surface area contributed by atoms with Crippen LogP contribution in [0.25, 0.3) is 0 Å². The molecule has 1 aromatic heterocycles. The number of fused-ring (bicyclic) bond motifs is 5. The normalized spacial score (nSPS) is 43.7. The van der Waals surface area contributed by atoms with Crippen LogP contribution in [0.4, 0.5) is 0 Å². The van der Waals surface area contributed by atoms with Crippen molar-refractivity contribution >= 4 is 11.3 Å². The summed E-state index contributed by atoms with van der Waals surface area (Å²) in [5.41, 5.74) is 0. The van der Waals surface area contributed by atoms with Crippen molar-refractivity contribution in [2.75, 3.05) is 7.05 Å². The molecule has 4 atom stereocenters. The van der Waals surface area contributed by atoms with Crippen molar-refractivity contribution in [2.45, 2.75) is 31.7 Å². The lowest BCUT2D eigenvalue weighted by Crippen LogP contribution is -2.04. The monoisotopic (exact) mass is 235 g/mol. The lowest BCUT2D eigenvalue weighted by atomic mass is 10.0. The van der Waals surface area contributed by atoms with Crippen LogP contribution in [0.3, 0.4) is 0 Å². The topological polar surface area (TPSA) is 37.8 Å². The lowest BCUT2D eigenvalue weighted by molar-refractivity contribution is 0.456. The Bertz CT molecular complexity index is 400. The Hall–Kier alpha value is -0.480. The van der Waals surface area contributed by atoms with Gasteiger partial charge in [-0.1, -0.05) is 11.3 Å². The van der Waals surface area contributed by atoms with Crippen molar-refractivity contribution in [2.24, 2.45) is 23.7 Å². The molecule has 4 unspecified atom stereocenters. The van der Waals surface area contributed by atoms with Crippen LogP contribution >= 0.6 is 11.3 Å². The molecule has 0 radical (unpaired) electrons. The first-order valence-corrected chi connectivity index (χ1v) is 7.17. The molecule has 1 N–H and O–H groups in total. The lowest BCUT2D eigenvalue weighted by Gasteiger charge is -2.04. The quantitative estimate of drug-likeness (QED) is 0.871. The molecule has 16 heavy (non-hydrogen) atoms. The van der Waals surface area contributed by atoms with Crippen LogP contribution in [0.15, 0.2) is 0 Å². The highest BCUT2D eigenvalue weighted by atomic mass is 32.1. The molecule has 2 bridgehead atoms. The Balaban J connectivity index is 1.55. The number of hydrogen-bond acceptors (Lipinski definition) is 4. The molecule has 1 heterocycles. The summed E-state index contributed by atoms with van der Waals surface area (Å²) in [5, 5.41) is 14.3. The minimum atomic E-state index is 0.800. The van der Waals surface area contributed by atoms with Crippen LogP contribution in [-0.2, 0) is 6.54 Å². The third-order valence-electron chi connectivity index (χ3n) is 4.83. The van der Waals surface area contributed by atoms with Gasteiger partial charge < -0.3 is 5.32 Å². The molecular formula is C12H17N3S. The number of nitrogens with one attached hydrogen (secondary N) is 1. The molecule has 0 aliphatic heterocycles. The standard InChI is InChI=1S/C12H17N3S/c1-13-5-8-14-15-12(16-8)11-9-6-2-3-7(4-6)10(9)11/h6-7,9-11,13H,2-5H2,1H3. The first-order valence-electron chi connectivity index (χ1n) is 6.35. The van der Waals surface area contributed by atoms with E-state index in [2.05, 4.69) is 15.5 Å². The SMILES string of the molecule is CNCc1nnc(C2C3C4CCC(C4)C23)s1. The highest BCUT2D eigenvalue weighted by molar-refractivity contribution is 7.11. The van der Waals surface area contributed by atoms with Crippen LogP contribution in [0.2, 0.25) is 0 Å². The fraction of sp³-hybridized carbons (Fsp3) is 0.833. The maximum atomic E-state index is 4.40. The third kappa shape index (κ3) is 1.17. The van der Waals surface area contributed by atoms with E-state index in [-0.39, 0.29) is 0 Å². The highest BCUT2D eigenvalue weighted by Gasteiger charge is 2.66. The van der Waals surface area contributed by atoms with E-state index in [0.29, 0.717) is 0 Å². The van der Waals surface area contributed by atoms with Gasteiger partial charge in [0.15, 0.2) is 0 Å². The van der Waals surface area contributed by atoms with Crippen LogP contribution in [0.5, 0.6) is 0 Å². The second-order valence-corrected chi connectivity index (χ2v) is 6.67. The summed E-state index contributed by atoms with van der Waals surface area (Å²) in [6.45, 7) is 0.868. The average Bonchev–Trinajstić information content (AvgIpc) is 2.73. The molecule has 0 aromatic carbocycles. The zero-order valence-corrected chi connectivity index (χ0v) is 10.3. The van der Waals surface area contributed by atoms with Gasteiger partial charge in [-0.15, -0.1) is 10.2 Å². The van der Waals surface area contributed by atoms with Crippen LogP contribution in [-0.4, -0.2) is 17.2 Å². The maximum Gasteiger partial charge on any atom is 0.131 e. The summed E-state index contributed by atoms with van der Waals surface area (Å²) in [4.78, 5) is 0. The highest BCUT2D eigenvalue weighted by Crippen LogP contribution is 2.73. The van der Waals surface area contributed by atoms with E-state index in [9.17, 15) is 0 Å². The molecule has 0 spiro atoms. The van der Waals surface area contributed by atoms with E-state index in [4.69, 9.17) is 0 Å². The van der Waals surface area contributed by atoms with Crippen molar-refractivity contribution in [1.29, 1.82) is 0 Å². The molecule has 0 amide bonds.